The summed E-state index contributed by atoms with van der Waals surface area (Å²) in [6.07, 6.45) is 9.68. The molecule has 112 valence electrons. The van der Waals surface area contributed by atoms with Gasteiger partial charge in [0.15, 0.2) is 0 Å². The van der Waals surface area contributed by atoms with Gasteiger partial charge in [0, 0.05) is 30.4 Å². The van der Waals surface area contributed by atoms with E-state index in [9.17, 15) is 0 Å². The number of nitrogens with zero attached hydrogens (tertiary/aromatic N) is 3. The zero-order valence-electron chi connectivity index (χ0n) is 12.9. The second kappa shape index (κ2) is 7.58. The minimum atomic E-state index is 0.399. The Hall–Kier alpha value is -1.16. The Morgan fingerprint density at radius 1 is 1.15 bits per heavy atom. The van der Waals surface area contributed by atoms with Gasteiger partial charge in [0.25, 0.3) is 0 Å². The lowest BCUT2D eigenvalue weighted by Gasteiger charge is -2.36. The molecule has 1 saturated carbocycles. The van der Waals surface area contributed by atoms with Crippen LogP contribution in [0.2, 0.25) is 0 Å². The van der Waals surface area contributed by atoms with Gasteiger partial charge in [-0.25, -0.2) is 9.97 Å². The third kappa shape index (κ3) is 3.92. The van der Waals surface area contributed by atoms with Gasteiger partial charge in [0.1, 0.15) is 12.1 Å². The van der Waals surface area contributed by atoms with Crippen molar-refractivity contribution in [2.24, 2.45) is 5.73 Å². The quantitative estimate of drug-likeness (QED) is 0.868. The van der Waals surface area contributed by atoms with Crippen LogP contribution in [0.4, 0.5) is 5.82 Å². The number of hydrogen-bond donors (Lipinski definition) is 1. The molecule has 20 heavy (non-hydrogen) atoms. The van der Waals surface area contributed by atoms with Crippen molar-refractivity contribution in [3.05, 3.63) is 18.1 Å². The molecule has 2 rings (SSSR count). The van der Waals surface area contributed by atoms with Crippen molar-refractivity contribution in [2.45, 2.75) is 70.9 Å². The van der Waals surface area contributed by atoms with E-state index in [4.69, 9.17) is 5.73 Å². The van der Waals surface area contributed by atoms with Crippen LogP contribution in [0.15, 0.2) is 12.4 Å². The minimum Gasteiger partial charge on any atom is -0.354 e. The van der Waals surface area contributed by atoms with E-state index < -0.39 is 0 Å². The molecule has 0 aliphatic heterocycles. The van der Waals surface area contributed by atoms with Gasteiger partial charge in [0.2, 0.25) is 0 Å². The van der Waals surface area contributed by atoms with Crippen molar-refractivity contribution in [2.75, 3.05) is 11.4 Å². The van der Waals surface area contributed by atoms with Crippen LogP contribution in [0.5, 0.6) is 0 Å². The molecular formula is C16H28N4. The van der Waals surface area contributed by atoms with Crippen molar-refractivity contribution >= 4 is 5.82 Å². The maximum atomic E-state index is 6.03. The molecule has 1 aliphatic rings. The van der Waals surface area contributed by atoms with Crippen LogP contribution in [-0.4, -0.2) is 28.6 Å². The zero-order valence-corrected chi connectivity index (χ0v) is 12.9. The molecule has 1 heterocycles. The highest BCUT2D eigenvalue weighted by Gasteiger charge is 2.24. The Labute approximate surface area is 122 Å². The van der Waals surface area contributed by atoms with Gasteiger partial charge in [-0.3, -0.25) is 0 Å². The topological polar surface area (TPSA) is 55.0 Å². The van der Waals surface area contributed by atoms with Crippen LogP contribution in [0.3, 0.4) is 0 Å². The Morgan fingerprint density at radius 3 is 2.55 bits per heavy atom. The van der Waals surface area contributed by atoms with E-state index in [1.54, 1.807) is 6.33 Å². The molecule has 0 bridgehead atoms. The summed E-state index contributed by atoms with van der Waals surface area (Å²) >= 11 is 0. The number of rotatable bonds is 6. The molecule has 0 aromatic carbocycles. The molecule has 1 aromatic rings. The standard InChI is InChI=1S/C16H28N4/c1-3-5-14-11-16(19-12-18-14)20(10-4-2)15-8-6-13(17)7-9-15/h11-13,15H,3-10,17H2,1-2H3. The van der Waals surface area contributed by atoms with Crippen LogP contribution in [0, 0.1) is 0 Å². The number of aromatic nitrogens is 2. The Kier molecular flexibility index (Phi) is 5.77. The van der Waals surface area contributed by atoms with Gasteiger partial charge >= 0.3 is 0 Å². The van der Waals surface area contributed by atoms with Crippen molar-refractivity contribution < 1.29 is 0 Å². The number of hydrogen-bond acceptors (Lipinski definition) is 4. The van der Waals surface area contributed by atoms with Crippen molar-refractivity contribution in [1.29, 1.82) is 0 Å². The van der Waals surface area contributed by atoms with Gasteiger partial charge in [-0.15, -0.1) is 0 Å². The SMILES string of the molecule is CCCc1cc(N(CCC)C2CCC(N)CC2)ncn1. The number of aryl methyl sites for hydroxylation is 1. The van der Waals surface area contributed by atoms with E-state index in [1.165, 1.54) is 12.8 Å². The normalized spacial score (nSPS) is 22.8. The number of anilines is 1. The highest BCUT2D eigenvalue weighted by Crippen LogP contribution is 2.26. The van der Waals surface area contributed by atoms with Crippen molar-refractivity contribution in [1.82, 2.24) is 9.97 Å². The highest BCUT2D eigenvalue weighted by atomic mass is 15.2. The predicted molar refractivity (Wildman–Crippen MR) is 83.9 cm³/mol. The Bertz CT molecular complexity index is 399. The zero-order chi connectivity index (χ0) is 14.4. The summed E-state index contributed by atoms with van der Waals surface area (Å²) in [5.41, 5.74) is 7.19. The first kappa shape index (κ1) is 15.2. The van der Waals surface area contributed by atoms with Crippen LogP contribution in [0.25, 0.3) is 0 Å². The monoisotopic (exact) mass is 276 g/mol. The molecule has 0 atom stereocenters. The molecule has 1 fully saturated rings. The molecule has 1 aromatic heterocycles. The van der Waals surface area contributed by atoms with Crippen LogP contribution >= 0.6 is 0 Å². The smallest absolute Gasteiger partial charge is 0.132 e. The first-order valence-corrected chi connectivity index (χ1v) is 8.07. The summed E-state index contributed by atoms with van der Waals surface area (Å²) in [4.78, 5) is 11.4. The van der Waals surface area contributed by atoms with Gasteiger partial charge < -0.3 is 10.6 Å². The molecule has 0 radical (unpaired) electrons. The molecule has 0 saturated heterocycles. The van der Waals surface area contributed by atoms with E-state index in [-0.39, 0.29) is 0 Å². The largest absolute Gasteiger partial charge is 0.354 e. The van der Waals surface area contributed by atoms with Gasteiger partial charge in [-0.2, -0.15) is 0 Å². The van der Waals surface area contributed by atoms with E-state index in [2.05, 4.69) is 34.8 Å². The third-order valence-corrected chi connectivity index (χ3v) is 4.16. The predicted octanol–water partition coefficient (Wildman–Crippen LogP) is 2.92. The van der Waals surface area contributed by atoms with Gasteiger partial charge in [-0.1, -0.05) is 20.3 Å². The average molecular weight is 276 g/mol. The second-order valence-electron chi connectivity index (χ2n) is 5.88. The fraction of sp³-hybridized carbons (Fsp3) is 0.750. The first-order chi connectivity index (χ1) is 9.74. The summed E-state index contributed by atoms with van der Waals surface area (Å²) in [6, 6.07) is 3.17. The Morgan fingerprint density at radius 2 is 1.90 bits per heavy atom. The lowest BCUT2D eigenvalue weighted by Crippen LogP contribution is -2.41. The molecule has 0 spiro atoms. The Balaban J connectivity index is 2.12. The van der Waals surface area contributed by atoms with Crippen LogP contribution in [0.1, 0.15) is 58.1 Å². The van der Waals surface area contributed by atoms with Gasteiger partial charge in [0.05, 0.1) is 0 Å². The van der Waals surface area contributed by atoms with E-state index in [1.807, 2.05) is 0 Å². The molecule has 2 N–H and O–H groups in total. The lowest BCUT2D eigenvalue weighted by molar-refractivity contribution is 0.374. The van der Waals surface area contributed by atoms with Crippen LogP contribution in [-0.2, 0) is 6.42 Å². The highest BCUT2D eigenvalue weighted by molar-refractivity contribution is 5.40. The molecule has 0 amide bonds. The van der Waals surface area contributed by atoms with Crippen LogP contribution < -0.4 is 10.6 Å². The molecule has 0 unspecified atom stereocenters. The van der Waals surface area contributed by atoms with Gasteiger partial charge in [-0.05, 0) is 38.5 Å². The maximum Gasteiger partial charge on any atom is 0.132 e. The average Bonchev–Trinajstić information content (AvgIpc) is 2.47. The third-order valence-electron chi connectivity index (χ3n) is 4.16. The summed E-state index contributed by atoms with van der Waals surface area (Å²) < 4.78 is 0. The first-order valence-electron chi connectivity index (χ1n) is 8.07. The fourth-order valence-electron chi connectivity index (χ4n) is 3.07. The summed E-state index contributed by atoms with van der Waals surface area (Å²) in [5.74, 6) is 1.10. The second-order valence-corrected chi connectivity index (χ2v) is 5.88. The number of nitrogens with two attached hydrogens (primary N) is 1. The maximum absolute atomic E-state index is 6.03. The van der Waals surface area contributed by atoms with E-state index in [0.717, 1.165) is 50.2 Å². The molecular weight excluding hydrogens is 248 g/mol. The molecule has 4 heteroatoms. The fourth-order valence-corrected chi connectivity index (χ4v) is 3.07. The van der Waals surface area contributed by atoms with E-state index in [0.29, 0.717) is 12.1 Å². The lowest BCUT2D eigenvalue weighted by atomic mass is 9.90. The van der Waals surface area contributed by atoms with Crippen molar-refractivity contribution in [3.8, 4) is 0 Å². The minimum absolute atomic E-state index is 0.399. The summed E-state index contributed by atoms with van der Waals surface area (Å²) in [6.45, 7) is 5.49. The summed E-state index contributed by atoms with van der Waals surface area (Å²) in [7, 11) is 0. The molecule has 1 aliphatic carbocycles. The molecule has 4 nitrogen and oxygen atoms in total. The van der Waals surface area contributed by atoms with E-state index >= 15 is 0 Å². The van der Waals surface area contributed by atoms with Crippen molar-refractivity contribution in [3.63, 3.8) is 0 Å². The summed E-state index contributed by atoms with van der Waals surface area (Å²) in [5, 5.41) is 0.